The van der Waals surface area contributed by atoms with E-state index in [2.05, 4.69) is 5.32 Å². The molecule has 1 heterocycles. The van der Waals surface area contributed by atoms with Crippen LogP contribution in [-0.4, -0.2) is 24.4 Å². The quantitative estimate of drug-likeness (QED) is 0.930. The molecule has 25 heavy (non-hydrogen) atoms. The second kappa shape index (κ2) is 6.63. The summed E-state index contributed by atoms with van der Waals surface area (Å²) in [6.45, 7) is 4.38. The maximum atomic E-state index is 13.2. The van der Waals surface area contributed by atoms with Gasteiger partial charge in [-0.3, -0.25) is 9.59 Å². The van der Waals surface area contributed by atoms with E-state index in [9.17, 15) is 18.4 Å². The lowest BCUT2D eigenvalue weighted by molar-refractivity contribution is -0.118. The Morgan fingerprint density at radius 3 is 2.24 bits per heavy atom. The molecule has 0 radical (unpaired) electrons. The molecular weight excluding hydrogens is 326 g/mol. The summed E-state index contributed by atoms with van der Waals surface area (Å²) < 4.78 is 26.5. The van der Waals surface area contributed by atoms with Crippen LogP contribution in [0.1, 0.15) is 27.9 Å². The average Bonchev–Trinajstić information content (AvgIpc) is 2.86. The molecule has 1 aliphatic heterocycles. The molecule has 2 amide bonds. The van der Waals surface area contributed by atoms with Crippen molar-refractivity contribution in [1.82, 2.24) is 5.32 Å². The Morgan fingerprint density at radius 1 is 1.04 bits per heavy atom. The summed E-state index contributed by atoms with van der Waals surface area (Å²) >= 11 is 0. The highest BCUT2D eigenvalue weighted by atomic mass is 19.1. The molecule has 0 spiro atoms. The van der Waals surface area contributed by atoms with Gasteiger partial charge in [-0.25, -0.2) is 8.78 Å². The summed E-state index contributed by atoms with van der Waals surface area (Å²) in [7, 11) is 0. The van der Waals surface area contributed by atoms with E-state index >= 15 is 0 Å². The average molecular weight is 344 g/mol. The van der Waals surface area contributed by atoms with Gasteiger partial charge in [0.2, 0.25) is 5.91 Å². The van der Waals surface area contributed by atoms with Crippen LogP contribution in [0.3, 0.4) is 0 Å². The number of carbonyl (C=O) groups is 2. The second-order valence-electron chi connectivity index (χ2n) is 6.31. The highest BCUT2D eigenvalue weighted by Gasteiger charge is 2.34. The van der Waals surface area contributed by atoms with Gasteiger partial charge in [-0.15, -0.1) is 0 Å². The minimum absolute atomic E-state index is 0.143. The predicted molar refractivity (Wildman–Crippen MR) is 90.5 cm³/mol. The van der Waals surface area contributed by atoms with Crippen molar-refractivity contribution in [3.8, 4) is 0 Å². The molecule has 130 valence electrons. The number of benzene rings is 2. The minimum Gasteiger partial charge on any atom is -0.340 e. The van der Waals surface area contributed by atoms with Crippen LogP contribution in [-0.2, 0) is 4.79 Å². The number of aryl methyl sites for hydroxylation is 2. The summed E-state index contributed by atoms with van der Waals surface area (Å²) in [5, 5.41) is 2.56. The van der Waals surface area contributed by atoms with Crippen LogP contribution in [0.25, 0.3) is 0 Å². The van der Waals surface area contributed by atoms with Gasteiger partial charge in [-0.2, -0.15) is 0 Å². The van der Waals surface area contributed by atoms with Gasteiger partial charge in [0.1, 0.15) is 17.7 Å². The Hall–Kier alpha value is -2.76. The summed E-state index contributed by atoms with van der Waals surface area (Å²) in [6.07, 6.45) is 0.440. The van der Waals surface area contributed by atoms with Crippen molar-refractivity contribution < 1.29 is 18.4 Å². The molecule has 1 saturated heterocycles. The van der Waals surface area contributed by atoms with Gasteiger partial charge in [0.15, 0.2) is 0 Å². The van der Waals surface area contributed by atoms with Crippen LogP contribution in [0.4, 0.5) is 14.5 Å². The number of carbonyl (C=O) groups excluding carboxylic acids is 2. The maximum Gasteiger partial charge on any atom is 0.252 e. The van der Waals surface area contributed by atoms with Gasteiger partial charge in [0.05, 0.1) is 0 Å². The molecule has 1 N–H and O–H groups in total. The number of nitrogens with one attached hydrogen (secondary N) is 1. The third-order valence-corrected chi connectivity index (χ3v) is 4.15. The molecule has 0 bridgehead atoms. The molecule has 0 aliphatic carbocycles. The van der Waals surface area contributed by atoms with Crippen LogP contribution in [0, 0.1) is 25.5 Å². The van der Waals surface area contributed by atoms with Gasteiger partial charge in [-0.05, 0) is 55.7 Å². The number of rotatable bonds is 3. The number of anilines is 1. The molecule has 2 aromatic carbocycles. The van der Waals surface area contributed by atoms with E-state index < -0.39 is 23.6 Å². The van der Waals surface area contributed by atoms with Gasteiger partial charge in [0.25, 0.3) is 5.91 Å². The summed E-state index contributed by atoms with van der Waals surface area (Å²) in [5.74, 6) is -2.56. The van der Waals surface area contributed by atoms with Crippen LogP contribution in [0.5, 0.6) is 0 Å². The van der Waals surface area contributed by atoms with Crippen molar-refractivity contribution in [2.24, 2.45) is 0 Å². The summed E-state index contributed by atoms with van der Waals surface area (Å²) in [6, 6.07) is 7.72. The number of halogens is 2. The van der Waals surface area contributed by atoms with E-state index in [0.717, 1.165) is 28.9 Å². The first kappa shape index (κ1) is 17.1. The van der Waals surface area contributed by atoms with Crippen LogP contribution in [0.2, 0.25) is 0 Å². The van der Waals surface area contributed by atoms with Crippen molar-refractivity contribution in [2.45, 2.75) is 26.3 Å². The highest BCUT2D eigenvalue weighted by Crippen LogP contribution is 2.24. The van der Waals surface area contributed by atoms with Crippen molar-refractivity contribution in [1.29, 1.82) is 0 Å². The molecule has 0 aromatic heterocycles. The molecule has 4 nitrogen and oxygen atoms in total. The Kier molecular flexibility index (Phi) is 4.53. The Balaban J connectivity index is 1.74. The van der Waals surface area contributed by atoms with Crippen molar-refractivity contribution in [2.75, 3.05) is 11.4 Å². The fourth-order valence-corrected chi connectivity index (χ4v) is 3.10. The highest BCUT2D eigenvalue weighted by molar-refractivity contribution is 6.04. The van der Waals surface area contributed by atoms with Crippen molar-refractivity contribution in [3.63, 3.8) is 0 Å². The fourth-order valence-electron chi connectivity index (χ4n) is 3.10. The van der Waals surface area contributed by atoms with E-state index in [1.165, 1.54) is 0 Å². The largest absolute Gasteiger partial charge is 0.340 e. The molecule has 1 fully saturated rings. The number of nitrogens with zero attached hydrogens (tertiary/aromatic N) is 1. The van der Waals surface area contributed by atoms with Gasteiger partial charge < -0.3 is 10.2 Å². The normalized spacial score (nSPS) is 17.0. The molecule has 0 unspecified atom stereocenters. The zero-order chi connectivity index (χ0) is 18.1. The maximum absolute atomic E-state index is 13.2. The van der Waals surface area contributed by atoms with E-state index in [1.54, 1.807) is 4.90 Å². The molecule has 0 saturated carbocycles. The molecule has 1 aliphatic rings. The Bertz CT molecular complexity index is 811. The first-order valence-electron chi connectivity index (χ1n) is 8.00. The first-order chi connectivity index (χ1) is 11.8. The van der Waals surface area contributed by atoms with Crippen molar-refractivity contribution in [3.05, 3.63) is 64.7 Å². The van der Waals surface area contributed by atoms with E-state index in [1.807, 2.05) is 32.0 Å². The van der Waals surface area contributed by atoms with Crippen molar-refractivity contribution >= 4 is 17.5 Å². The lowest BCUT2D eigenvalue weighted by Crippen LogP contribution is -2.41. The summed E-state index contributed by atoms with van der Waals surface area (Å²) in [4.78, 5) is 26.4. The SMILES string of the molecule is Cc1cc(C)cc(N2CC[C@@H](NC(=O)c3cc(F)cc(F)c3)C2=O)c1. The zero-order valence-electron chi connectivity index (χ0n) is 14.0. The van der Waals surface area contributed by atoms with Crippen LogP contribution < -0.4 is 10.2 Å². The monoisotopic (exact) mass is 344 g/mol. The lowest BCUT2D eigenvalue weighted by Gasteiger charge is -2.18. The van der Waals surface area contributed by atoms with Gasteiger partial charge in [0, 0.05) is 23.9 Å². The first-order valence-corrected chi connectivity index (χ1v) is 8.00. The van der Waals surface area contributed by atoms with E-state index in [0.29, 0.717) is 19.0 Å². The lowest BCUT2D eigenvalue weighted by atomic mass is 10.1. The second-order valence-corrected chi connectivity index (χ2v) is 6.31. The molecule has 3 rings (SSSR count). The topological polar surface area (TPSA) is 49.4 Å². The van der Waals surface area contributed by atoms with E-state index in [4.69, 9.17) is 0 Å². The Labute approximate surface area is 144 Å². The predicted octanol–water partition coefficient (Wildman–Crippen LogP) is 3.12. The number of amides is 2. The molecule has 2 aromatic rings. The van der Waals surface area contributed by atoms with Gasteiger partial charge in [-0.1, -0.05) is 6.07 Å². The molecular formula is C19H18F2N2O2. The van der Waals surface area contributed by atoms with E-state index in [-0.39, 0.29) is 11.5 Å². The fraction of sp³-hybridized carbons (Fsp3) is 0.263. The molecule has 6 heteroatoms. The van der Waals surface area contributed by atoms with Crippen LogP contribution >= 0.6 is 0 Å². The van der Waals surface area contributed by atoms with Gasteiger partial charge >= 0.3 is 0 Å². The number of hydrogen-bond donors (Lipinski definition) is 1. The zero-order valence-corrected chi connectivity index (χ0v) is 14.0. The minimum atomic E-state index is -0.834. The number of hydrogen-bond acceptors (Lipinski definition) is 2. The third kappa shape index (κ3) is 3.68. The third-order valence-electron chi connectivity index (χ3n) is 4.15. The smallest absolute Gasteiger partial charge is 0.252 e. The standard InChI is InChI=1S/C19H18F2N2O2/c1-11-5-12(2)7-16(6-11)23-4-3-17(19(23)25)22-18(24)13-8-14(20)10-15(21)9-13/h5-10,17H,3-4H2,1-2H3,(H,22,24)/t17-/m1/s1. The summed E-state index contributed by atoms with van der Waals surface area (Å²) in [5.41, 5.74) is 2.74. The Morgan fingerprint density at radius 2 is 1.64 bits per heavy atom. The molecule has 1 atom stereocenters. The van der Waals surface area contributed by atoms with Crippen LogP contribution in [0.15, 0.2) is 36.4 Å².